The zero-order chi connectivity index (χ0) is 15.1. The van der Waals surface area contributed by atoms with E-state index in [1.165, 1.54) is 5.56 Å². The highest BCUT2D eigenvalue weighted by molar-refractivity contribution is 6.30. The zero-order valence-corrected chi connectivity index (χ0v) is 13.4. The molecule has 1 saturated heterocycles. The Hall–Kier alpha value is -1.10. The van der Waals surface area contributed by atoms with Crippen molar-refractivity contribution in [3.8, 4) is 0 Å². The van der Waals surface area contributed by atoms with Crippen LogP contribution in [0.2, 0.25) is 5.02 Å². The van der Waals surface area contributed by atoms with Gasteiger partial charge in [0.05, 0.1) is 6.54 Å². The molecule has 0 bridgehead atoms. The normalized spacial score (nSPS) is 16.9. The Bertz CT molecular complexity index is 441. The number of halogens is 1. The molecule has 1 aromatic carbocycles. The predicted octanol–water partition coefficient (Wildman–Crippen LogP) is 1.98. The van der Waals surface area contributed by atoms with E-state index >= 15 is 0 Å². The Morgan fingerprint density at radius 3 is 2.38 bits per heavy atom. The molecule has 0 aromatic heterocycles. The smallest absolute Gasteiger partial charge is 0.234 e. The number of nitrogens with one attached hydrogen (secondary N) is 1. The van der Waals surface area contributed by atoms with E-state index in [2.05, 4.69) is 34.2 Å². The summed E-state index contributed by atoms with van der Waals surface area (Å²) in [5.41, 5.74) is 1.29. The minimum atomic E-state index is 0.142. The third-order valence-corrected chi connectivity index (χ3v) is 3.98. The summed E-state index contributed by atoms with van der Waals surface area (Å²) in [4.78, 5) is 16.3. The van der Waals surface area contributed by atoms with Gasteiger partial charge in [0, 0.05) is 44.3 Å². The molecule has 1 N–H and O–H groups in total. The Morgan fingerprint density at radius 2 is 1.76 bits per heavy atom. The number of benzene rings is 1. The summed E-state index contributed by atoms with van der Waals surface area (Å²) in [6.45, 7) is 8.22. The number of amides is 1. The Labute approximate surface area is 132 Å². The van der Waals surface area contributed by atoms with Crippen LogP contribution in [0.1, 0.15) is 18.9 Å². The van der Waals surface area contributed by atoms with Crippen molar-refractivity contribution < 1.29 is 4.79 Å². The molecule has 0 aliphatic carbocycles. The topological polar surface area (TPSA) is 35.6 Å². The quantitative estimate of drug-likeness (QED) is 0.873. The van der Waals surface area contributed by atoms with Crippen molar-refractivity contribution in [3.05, 3.63) is 34.9 Å². The Morgan fingerprint density at radius 1 is 1.14 bits per heavy atom. The van der Waals surface area contributed by atoms with Gasteiger partial charge in [-0.3, -0.25) is 14.6 Å². The van der Waals surface area contributed by atoms with Crippen molar-refractivity contribution in [2.45, 2.75) is 19.9 Å². The second kappa shape index (κ2) is 8.37. The van der Waals surface area contributed by atoms with Crippen LogP contribution in [-0.4, -0.2) is 55.0 Å². The Balaban J connectivity index is 1.70. The number of carbonyl (C=O) groups is 1. The van der Waals surface area contributed by atoms with Crippen molar-refractivity contribution in [3.63, 3.8) is 0 Å². The third kappa shape index (κ3) is 5.65. The molecule has 0 saturated carbocycles. The predicted molar refractivity (Wildman–Crippen MR) is 86.5 cm³/mol. The van der Waals surface area contributed by atoms with E-state index in [-0.39, 0.29) is 5.91 Å². The van der Waals surface area contributed by atoms with Crippen LogP contribution in [0.4, 0.5) is 0 Å². The number of carbonyl (C=O) groups excluding carboxylic acids is 1. The summed E-state index contributed by atoms with van der Waals surface area (Å²) in [5, 5.41) is 3.71. The molecular weight excluding hydrogens is 286 g/mol. The van der Waals surface area contributed by atoms with Crippen molar-refractivity contribution in [1.29, 1.82) is 0 Å². The maximum atomic E-state index is 11.7. The lowest BCUT2D eigenvalue weighted by Gasteiger charge is -2.34. The van der Waals surface area contributed by atoms with E-state index in [4.69, 9.17) is 11.6 Å². The van der Waals surface area contributed by atoms with Crippen molar-refractivity contribution >= 4 is 17.5 Å². The second-order valence-corrected chi connectivity index (χ2v) is 5.97. The van der Waals surface area contributed by atoms with Crippen LogP contribution in [0.15, 0.2) is 24.3 Å². The maximum Gasteiger partial charge on any atom is 0.234 e. The van der Waals surface area contributed by atoms with Crippen LogP contribution < -0.4 is 5.32 Å². The van der Waals surface area contributed by atoms with Crippen LogP contribution >= 0.6 is 11.6 Å². The monoisotopic (exact) mass is 309 g/mol. The molecule has 116 valence electrons. The van der Waals surface area contributed by atoms with Gasteiger partial charge in [-0.05, 0) is 24.1 Å². The molecule has 1 heterocycles. The molecule has 1 fully saturated rings. The van der Waals surface area contributed by atoms with Gasteiger partial charge in [-0.15, -0.1) is 0 Å². The number of hydrogen-bond donors (Lipinski definition) is 1. The highest BCUT2D eigenvalue weighted by atomic mass is 35.5. The molecule has 1 aliphatic rings. The second-order valence-electron chi connectivity index (χ2n) is 5.53. The number of hydrogen-bond acceptors (Lipinski definition) is 3. The molecule has 0 atom stereocenters. The van der Waals surface area contributed by atoms with Crippen molar-refractivity contribution in [2.24, 2.45) is 0 Å². The molecule has 4 nitrogen and oxygen atoms in total. The first kappa shape index (κ1) is 16.3. The van der Waals surface area contributed by atoms with Gasteiger partial charge in [-0.1, -0.05) is 30.7 Å². The SMILES string of the molecule is CCCNC(=O)CN1CCN(Cc2ccc(Cl)cc2)CC1. The molecule has 1 aromatic rings. The summed E-state index contributed by atoms with van der Waals surface area (Å²) in [5.74, 6) is 0.142. The lowest BCUT2D eigenvalue weighted by molar-refractivity contribution is -0.122. The highest BCUT2D eigenvalue weighted by Gasteiger charge is 2.18. The Kier molecular flexibility index (Phi) is 6.49. The number of rotatable bonds is 6. The number of piperazine rings is 1. The molecule has 0 spiro atoms. The van der Waals surface area contributed by atoms with E-state index in [9.17, 15) is 4.79 Å². The van der Waals surface area contributed by atoms with Gasteiger partial charge in [0.15, 0.2) is 0 Å². The molecule has 1 aliphatic heterocycles. The lowest BCUT2D eigenvalue weighted by atomic mass is 10.2. The molecule has 1 amide bonds. The summed E-state index contributed by atoms with van der Waals surface area (Å²) < 4.78 is 0. The fraction of sp³-hybridized carbons (Fsp3) is 0.562. The van der Waals surface area contributed by atoms with Crippen LogP contribution in [0.25, 0.3) is 0 Å². The fourth-order valence-corrected chi connectivity index (χ4v) is 2.60. The lowest BCUT2D eigenvalue weighted by Crippen LogP contribution is -2.49. The minimum absolute atomic E-state index is 0.142. The average Bonchev–Trinajstić information content (AvgIpc) is 2.49. The summed E-state index contributed by atoms with van der Waals surface area (Å²) in [7, 11) is 0. The molecule has 0 radical (unpaired) electrons. The average molecular weight is 310 g/mol. The van der Waals surface area contributed by atoms with Gasteiger partial charge in [-0.2, -0.15) is 0 Å². The van der Waals surface area contributed by atoms with Crippen molar-refractivity contribution in [1.82, 2.24) is 15.1 Å². The van der Waals surface area contributed by atoms with Crippen LogP contribution in [0.5, 0.6) is 0 Å². The molecule has 0 unspecified atom stereocenters. The summed E-state index contributed by atoms with van der Waals surface area (Å²) >= 11 is 5.90. The first-order valence-corrected chi connectivity index (χ1v) is 8.01. The van der Waals surface area contributed by atoms with Crippen LogP contribution in [0, 0.1) is 0 Å². The third-order valence-electron chi connectivity index (χ3n) is 3.72. The maximum absolute atomic E-state index is 11.7. The van der Waals surface area contributed by atoms with Gasteiger partial charge >= 0.3 is 0 Å². The van der Waals surface area contributed by atoms with Gasteiger partial charge in [0.2, 0.25) is 5.91 Å². The van der Waals surface area contributed by atoms with Crippen LogP contribution in [0.3, 0.4) is 0 Å². The standard InChI is InChI=1S/C16H24ClN3O/c1-2-7-18-16(21)13-20-10-8-19(9-11-20)12-14-3-5-15(17)6-4-14/h3-6H,2,7-13H2,1H3,(H,18,21). The highest BCUT2D eigenvalue weighted by Crippen LogP contribution is 2.12. The summed E-state index contributed by atoms with van der Waals surface area (Å²) in [6.07, 6.45) is 0.987. The van der Waals surface area contributed by atoms with Gasteiger partial charge in [0.25, 0.3) is 0 Å². The van der Waals surface area contributed by atoms with E-state index in [0.717, 1.165) is 50.7 Å². The molecular formula is C16H24ClN3O. The fourth-order valence-electron chi connectivity index (χ4n) is 2.48. The minimum Gasteiger partial charge on any atom is -0.355 e. The van der Waals surface area contributed by atoms with Crippen LogP contribution in [-0.2, 0) is 11.3 Å². The van der Waals surface area contributed by atoms with E-state index < -0.39 is 0 Å². The molecule has 21 heavy (non-hydrogen) atoms. The van der Waals surface area contributed by atoms with Crippen molar-refractivity contribution in [2.75, 3.05) is 39.3 Å². The largest absolute Gasteiger partial charge is 0.355 e. The first-order chi connectivity index (χ1) is 10.2. The zero-order valence-electron chi connectivity index (χ0n) is 12.6. The molecule has 2 rings (SSSR count). The van der Waals surface area contributed by atoms with Gasteiger partial charge < -0.3 is 5.32 Å². The van der Waals surface area contributed by atoms with Gasteiger partial charge in [-0.25, -0.2) is 0 Å². The number of nitrogens with zero attached hydrogens (tertiary/aromatic N) is 2. The van der Waals surface area contributed by atoms with E-state index in [1.807, 2.05) is 12.1 Å². The first-order valence-electron chi connectivity index (χ1n) is 7.63. The van der Waals surface area contributed by atoms with Gasteiger partial charge in [0.1, 0.15) is 0 Å². The van der Waals surface area contributed by atoms with E-state index in [1.54, 1.807) is 0 Å². The summed E-state index contributed by atoms with van der Waals surface area (Å²) in [6, 6.07) is 8.02. The van der Waals surface area contributed by atoms with E-state index in [0.29, 0.717) is 6.54 Å². The molecule has 5 heteroatoms.